The Morgan fingerprint density at radius 3 is 2.64 bits per heavy atom. The van der Waals surface area contributed by atoms with Gasteiger partial charge in [0.05, 0.1) is 0 Å². The molecule has 0 aliphatic heterocycles. The van der Waals surface area contributed by atoms with Gasteiger partial charge in [0, 0.05) is 10.0 Å². The van der Waals surface area contributed by atoms with Gasteiger partial charge in [-0.1, -0.05) is 39.8 Å². The Labute approximate surface area is 79.7 Å². The highest BCUT2D eigenvalue weighted by Crippen LogP contribution is 2.17. The number of thiocarbonyl (C=S) groups is 1. The fourth-order valence-electron chi connectivity index (χ4n) is 0.828. The molecule has 0 aliphatic rings. The molecule has 0 bridgehead atoms. The lowest BCUT2D eigenvalue weighted by Crippen LogP contribution is -2.10. The minimum Gasteiger partial charge on any atom is -0.389 e. The Morgan fingerprint density at radius 1 is 1.55 bits per heavy atom. The predicted octanol–water partition coefficient (Wildman–Crippen LogP) is 2.39. The molecule has 1 aromatic rings. The zero-order valence-electron chi connectivity index (χ0n) is 6.10. The first kappa shape index (κ1) is 8.68. The average Bonchev–Trinajstić information content (AvgIpc) is 1.94. The van der Waals surface area contributed by atoms with Crippen LogP contribution in [0.25, 0.3) is 0 Å². The Morgan fingerprint density at radius 2 is 2.18 bits per heavy atom. The Hall–Kier alpha value is -0.410. The van der Waals surface area contributed by atoms with Crippen LogP contribution in [0.15, 0.2) is 22.7 Å². The van der Waals surface area contributed by atoms with Gasteiger partial charge in [0.25, 0.3) is 0 Å². The van der Waals surface area contributed by atoms with E-state index in [-0.39, 0.29) is 0 Å². The first-order valence-corrected chi connectivity index (χ1v) is 4.37. The summed E-state index contributed by atoms with van der Waals surface area (Å²) in [4.78, 5) is 0.431. The maximum Gasteiger partial charge on any atom is 0.105 e. The van der Waals surface area contributed by atoms with Crippen LogP contribution in [-0.4, -0.2) is 4.99 Å². The van der Waals surface area contributed by atoms with Crippen LogP contribution >= 0.6 is 28.1 Å². The van der Waals surface area contributed by atoms with Crippen molar-refractivity contribution in [3.63, 3.8) is 0 Å². The van der Waals surface area contributed by atoms with Gasteiger partial charge in [0.2, 0.25) is 0 Å². The molecule has 2 N–H and O–H groups in total. The van der Waals surface area contributed by atoms with E-state index in [0.717, 1.165) is 15.6 Å². The predicted molar refractivity (Wildman–Crippen MR) is 54.8 cm³/mol. The first-order chi connectivity index (χ1) is 5.11. The molecule has 58 valence electrons. The van der Waals surface area contributed by atoms with Gasteiger partial charge in [0.15, 0.2) is 0 Å². The summed E-state index contributed by atoms with van der Waals surface area (Å²) < 4.78 is 0.954. The fourth-order valence-corrected chi connectivity index (χ4v) is 1.59. The van der Waals surface area contributed by atoms with Crippen LogP contribution in [0, 0.1) is 6.92 Å². The maximum atomic E-state index is 5.48. The van der Waals surface area contributed by atoms with Crippen molar-refractivity contribution >= 4 is 33.1 Å². The van der Waals surface area contributed by atoms with Crippen molar-refractivity contribution < 1.29 is 0 Å². The second-order valence-electron chi connectivity index (χ2n) is 2.35. The molecule has 1 aromatic carbocycles. The molecule has 0 saturated carbocycles. The van der Waals surface area contributed by atoms with Crippen molar-refractivity contribution in [2.24, 2.45) is 5.73 Å². The number of nitrogens with two attached hydrogens (primary N) is 1. The van der Waals surface area contributed by atoms with E-state index >= 15 is 0 Å². The minimum atomic E-state index is 0.431. The van der Waals surface area contributed by atoms with Crippen LogP contribution in [0.5, 0.6) is 0 Å². The summed E-state index contributed by atoms with van der Waals surface area (Å²) in [6, 6.07) is 5.92. The van der Waals surface area contributed by atoms with Gasteiger partial charge >= 0.3 is 0 Å². The summed E-state index contributed by atoms with van der Waals surface area (Å²) in [5, 5.41) is 0. The zero-order chi connectivity index (χ0) is 8.43. The molecule has 1 nitrogen and oxygen atoms in total. The third-order valence-corrected chi connectivity index (χ3v) is 2.30. The number of halogens is 1. The Kier molecular flexibility index (Phi) is 2.62. The van der Waals surface area contributed by atoms with E-state index in [0.29, 0.717) is 4.99 Å². The lowest BCUT2D eigenvalue weighted by Gasteiger charge is -2.02. The summed E-state index contributed by atoms with van der Waals surface area (Å²) >= 11 is 8.22. The second-order valence-corrected chi connectivity index (χ2v) is 3.64. The Balaban J connectivity index is 3.23. The molecule has 0 saturated heterocycles. The van der Waals surface area contributed by atoms with Crippen LogP contribution in [-0.2, 0) is 0 Å². The molecule has 1 rings (SSSR count). The van der Waals surface area contributed by atoms with Crippen molar-refractivity contribution in [3.8, 4) is 0 Å². The van der Waals surface area contributed by atoms with E-state index in [4.69, 9.17) is 18.0 Å². The van der Waals surface area contributed by atoms with Gasteiger partial charge in [-0.3, -0.25) is 0 Å². The van der Waals surface area contributed by atoms with Crippen LogP contribution in [0.3, 0.4) is 0 Å². The lowest BCUT2D eigenvalue weighted by molar-refractivity contribution is 1.43. The molecule has 0 aromatic heterocycles. The van der Waals surface area contributed by atoms with Crippen LogP contribution in [0.4, 0.5) is 0 Å². The summed E-state index contributed by atoms with van der Waals surface area (Å²) in [5.74, 6) is 0. The summed E-state index contributed by atoms with van der Waals surface area (Å²) in [7, 11) is 0. The van der Waals surface area contributed by atoms with Crippen molar-refractivity contribution in [2.75, 3.05) is 0 Å². The largest absolute Gasteiger partial charge is 0.389 e. The summed E-state index contributed by atoms with van der Waals surface area (Å²) in [6.45, 7) is 2.01. The number of hydrogen-bond acceptors (Lipinski definition) is 1. The van der Waals surface area contributed by atoms with Gasteiger partial charge in [-0.05, 0) is 19.1 Å². The number of aryl methyl sites for hydroxylation is 1. The van der Waals surface area contributed by atoms with E-state index in [9.17, 15) is 0 Å². The third kappa shape index (κ3) is 2.01. The van der Waals surface area contributed by atoms with Gasteiger partial charge in [-0.25, -0.2) is 0 Å². The van der Waals surface area contributed by atoms with Crippen molar-refractivity contribution in [1.82, 2.24) is 0 Å². The summed E-state index contributed by atoms with van der Waals surface area (Å²) in [5.41, 5.74) is 7.55. The average molecular weight is 230 g/mol. The van der Waals surface area contributed by atoms with Crippen LogP contribution in [0.1, 0.15) is 11.1 Å². The fraction of sp³-hybridized carbons (Fsp3) is 0.125. The number of hydrogen-bond donors (Lipinski definition) is 1. The lowest BCUT2D eigenvalue weighted by atomic mass is 10.1. The van der Waals surface area contributed by atoms with E-state index in [1.54, 1.807) is 0 Å². The zero-order valence-corrected chi connectivity index (χ0v) is 8.50. The van der Waals surface area contributed by atoms with Crippen molar-refractivity contribution in [1.29, 1.82) is 0 Å². The SMILES string of the molecule is Cc1ccc(Br)c(C(N)=S)c1. The van der Waals surface area contributed by atoms with Gasteiger partial charge < -0.3 is 5.73 Å². The molecule has 0 fully saturated rings. The highest BCUT2D eigenvalue weighted by Gasteiger charge is 2.01. The first-order valence-electron chi connectivity index (χ1n) is 3.17. The van der Waals surface area contributed by atoms with E-state index < -0.39 is 0 Å². The van der Waals surface area contributed by atoms with Gasteiger partial charge in [-0.15, -0.1) is 0 Å². The monoisotopic (exact) mass is 229 g/mol. The third-order valence-electron chi connectivity index (χ3n) is 1.39. The summed E-state index contributed by atoms with van der Waals surface area (Å²) in [6.07, 6.45) is 0. The van der Waals surface area contributed by atoms with E-state index in [2.05, 4.69) is 15.9 Å². The smallest absolute Gasteiger partial charge is 0.105 e. The minimum absolute atomic E-state index is 0.431. The normalized spacial score (nSPS) is 9.64. The molecule has 0 atom stereocenters. The highest BCUT2D eigenvalue weighted by atomic mass is 79.9. The second kappa shape index (κ2) is 3.32. The highest BCUT2D eigenvalue weighted by molar-refractivity contribution is 9.10. The van der Waals surface area contributed by atoms with Gasteiger partial charge in [-0.2, -0.15) is 0 Å². The molecule has 0 unspecified atom stereocenters. The Bertz CT molecular complexity index is 296. The maximum absolute atomic E-state index is 5.48. The molecule has 0 radical (unpaired) electrons. The van der Waals surface area contributed by atoms with Gasteiger partial charge in [0.1, 0.15) is 4.99 Å². The van der Waals surface area contributed by atoms with Crippen molar-refractivity contribution in [3.05, 3.63) is 33.8 Å². The molecular weight excluding hydrogens is 222 g/mol. The molecule has 3 heteroatoms. The van der Waals surface area contributed by atoms with E-state index in [1.165, 1.54) is 0 Å². The molecule has 0 spiro atoms. The quantitative estimate of drug-likeness (QED) is 0.749. The number of rotatable bonds is 1. The van der Waals surface area contributed by atoms with Crippen LogP contribution in [0.2, 0.25) is 0 Å². The molecule has 0 amide bonds. The molecular formula is C8H8BrNS. The topological polar surface area (TPSA) is 26.0 Å². The molecule has 0 aliphatic carbocycles. The van der Waals surface area contributed by atoms with Crippen molar-refractivity contribution in [2.45, 2.75) is 6.92 Å². The van der Waals surface area contributed by atoms with E-state index in [1.807, 2.05) is 25.1 Å². The number of benzene rings is 1. The van der Waals surface area contributed by atoms with Crippen LogP contribution < -0.4 is 5.73 Å². The molecule has 0 heterocycles. The molecule has 11 heavy (non-hydrogen) atoms. The standard InChI is InChI=1S/C8H8BrNS/c1-5-2-3-7(9)6(4-5)8(10)11/h2-4H,1H3,(H2,10,11).